The van der Waals surface area contributed by atoms with Crippen molar-refractivity contribution in [2.45, 2.75) is 154 Å². The summed E-state index contributed by atoms with van der Waals surface area (Å²) in [6, 6.07) is 9.26. The van der Waals surface area contributed by atoms with Crippen molar-refractivity contribution in [1.29, 1.82) is 0 Å². The molecule has 510 valence electrons. The van der Waals surface area contributed by atoms with E-state index in [1.54, 1.807) is 75.4 Å². The number of amides is 11. The van der Waals surface area contributed by atoms with Crippen LogP contribution in [0.2, 0.25) is 5.02 Å². The quantitative estimate of drug-likeness (QED) is 0.215. The zero-order valence-corrected chi connectivity index (χ0v) is 56.1. The molecule has 27 heteroatoms. The van der Waals surface area contributed by atoms with E-state index in [0.29, 0.717) is 28.1 Å². The van der Waals surface area contributed by atoms with Gasteiger partial charge in [-0.2, -0.15) is 13.2 Å². The summed E-state index contributed by atoms with van der Waals surface area (Å²) in [6.45, 7) is 7.97. The van der Waals surface area contributed by atoms with Gasteiger partial charge >= 0.3 is 6.18 Å². The molecule has 0 saturated carbocycles. The molecule has 0 radical (unpaired) electrons. The fourth-order valence-electron chi connectivity index (χ4n) is 11.2. The van der Waals surface area contributed by atoms with Crippen LogP contribution in [0, 0.1) is 11.8 Å². The summed E-state index contributed by atoms with van der Waals surface area (Å²) < 4.78 is 40.9. The summed E-state index contributed by atoms with van der Waals surface area (Å²) in [6.07, 6.45) is -6.60. The number of nitrogens with one attached hydrogen (secondary N) is 3. The van der Waals surface area contributed by atoms with Gasteiger partial charge in [-0.1, -0.05) is 100 Å². The number of rotatable bonds is 11. The van der Waals surface area contributed by atoms with Gasteiger partial charge in [0.2, 0.25) is 65.0 Å². The van der Waals surface area contributed by atoms with E-state index in [4.69, 9.17) is 11.6 Å². The molecule has 2 aliphatic heterocycles. The van der Waals surface area contributed by atoms with Crippen molar-refractivity contribution >= 4 is 76.6 Å². The predicted molar refractivity (Wildman–Crippen MR) is 341 cm³/mol. The van der Waals surface area contributed by atoms with Crippen LogP contribution in [-0.4, -0.2) is 239 Å². The van der Waals surface area contributed by atoms with Crippen LogP contribution in [-0.2, 0) is 78.2 Å². The molecule has 2 fully saturated rings. The van der Waals surface area contributed by atoms with Gasteiger partial charge in [-0.25, -0.2) is 0 Å². The van der Waals surface area contributed by atoms with Crippen LogP contribution in [0.3, 0.4) is 0 Å². The van der Waals surface area contributed by atoms with E-state index in [9.17, 15) is 56.6 Å². The molecule has 0 spiro atoms. The number of aliphatic hydroxyl groups is 1. The first-order chi connectivity index (χ1) is 43.5. The first kappa shape index (κ1) is 75.6. The second-order valence-corrected chi connectivity index (χ2v) is 25.6. The second-order valence-electron chi connectivity index (χ2n) is 25.2. The topological polar surface area (TPSA) is 270 Å². The van der Waals surface area contributed by atoms with Crippen LogP contribution in [0.25, 0.3) is 0 Å². The fourth-order valence-corrected chi connectivity index (χ4v) is 11.3. The summed E-state index contributed by atoms with van der Waals surface area (Å²) in [5.41, 5.74) is 0.572. The van der Waals surface area contributed by atoms with E-state index in [1.165, 1.54) is 78.2 Å². The molecule has 5 rings (SSSR count). The highest BCUT2D eigenvalue weighted by molar-refractivity contribution is 6.30. The minimum atomic E-state index is -4.65. The van der Waals surface area contributed by atoms with Crippen LogP contribution in [0.5, 0.6) is 0 Å². The number of benzene rings is 3. The number of carbonyl (C=O) groups excluding carboxylic acids is 11. The van der Waals surface area contributed by atoms with Crippen LogP contribution < -0.4 is 16.0 Å². The maximum absolute atomic E-state index is 15.2. The van der Waals surface area contributed by atoms with E-state index in [0.717, 1.165) is 41.5 Å². The number of alkyl halides is 3. The Balaban J connectivity index is 1.59. The molecule has 3 aromatic carbocycles. The molecule has 23 nitrogen and oxygen atoms in total. The summed E-state index contributed by atoms with van der Waals surface area (Å²) in [4.78, 5) is 168. The van der Waals surface area contributed by atoms with E-state index >= 15 is 14.4 Å². The van der Waals surface area contributed by atoms with E-state index in [-0.39, 0.29) is 50.9 Å². The lowest BCUT2D eigenvalue weighted by Gasteiger charge is -2.37. The van der Waals surface area contributed by atoms with Gasteiger partial charge < -0.3 is 60.3 Å². The Morgan fingerprint density at radius 1 is 0.581 bits per heavy atom. The number of carbonyl (C=O) groups is 11. The number of aliphatic hydroxyl groups excluding tert-OH is 1. The average Bonchev–Trinajstić information content (AvgIpc) is 1.76. The van der Waals surface area contributed by atoms with Crippen LogP contribution >= 0.6 is 11.6 Å². The van der Waals surface area contributed by atoms with Crippen molar-refractivity contribution in [3.63, 3.8) is 0 Å². The molecule has 0 aromatic heterocycles. The van der Waals surface area contributed by atoms with Crippen molar-refractivity contribution in [1.82, 2.24) is 55.1 Å². The highest BCUT2D eigenvalue weighted by Crippen LogP contribution is 2.30. The lowest BCUT2D eigenvalue weighted by atomic mass is 9.97. The van der Waals surface area contributed by atoms with Crippen LogP contribution in [0.4, 0.5) is 13.2 Å². The molecule has 4 N–H and O–H groups in total. The number of likely N-dealkylation sites (N-methyl/N-ethyl adjacent to an activating group) is 7. The van der Waals surface area contributed by atoms with Gasteiger partial charge in [-0.05, 0) is 85.9 Å². The third-order valence-electron chi connectivity index (χ3n) is 17.5. The maximum Gasteiger partial charge on any atom is 0.416 e. The fraction of sp³-hybridized carbons (Fsp3) is 0.561. The zero-order valence-electron chi connectivity index (χ0n) is 55.4. The molecule has 2 aliphatic rings. The monoisotopic (exact) mass is 1320 g/mol. The molecule has 3 aromatic rings. The van der Waals surface area contributed by atoms with Crippen molar-refractivity contribution in [3.05, 3.63) is 106 Å². The third kappa shape index (κ3) is 20.7. The predicted octanol–water partition coefficient (Wildman–Crippen LogP) is 3.41. The standard InChI is InChI=1S/C66H91ClF3N11O12/c1-14-40(4)58-65(93)76(9)37-56(85)74(7)38-57(86)78(11)51(33-45-22-27-47(67)28-23-45)62(90)75(8)36-54(83)72-49(29-24-43-20-25-46(26-21-43)66(68,69)70)61(89)81-35-48(82)34-53(81)64(92)80(13)52(32-44-18-16-15-17-19-44)63(91)79(12)50(30-39(2)3)60(88)71-41(5)31-55(84)77(10)42(6)59(87)73-58/h15-23,25-28,39-42,48-53,58,82H,14,24,29-38H2,1-13H3,(H,71,88)(H,72,83)(H,73,87)/t40-,41+,42-,48-,49-,50-,51-,52-,53-,58-/m0/s1. The largest absolute Gasteiger partial charge is 0.416 e. The van der Waals surface area contributed by atoms with Gasteiger partial charge in [0, 0.05) is 92.6 Å². The van der Waals surface area contributed by atoms with Crippen molar-refractivity contribution in [3.8, 4) is 0 Å². The molecular formula is C66H91ClF3N11O12. The van der Waals surface area contributed by atoms with E-state index in [2.05, 4.69) is 16.0 Å². The SMILES string of the molecule is CC[C@H](C)[C@@H]1NC(=O)[C@H](C)N(C)C(=O)C[C@@H](C)NC(=O)[C@H](CC(C)C)N(C)C(=O)[C@H](Cc2ccccc2)N(C)C(=O)[C@@H]2C[C@H](O)CN2C(=O)[C@H](CCc2ccc(C(F)(F)F)cc2)NC(=O)CN(C)C(=O)[C@H](Cc2ccc(Cl)cc2)N(C)C(=O)CN(C)C(=O)CN(C)C1=O. The molecular weight excluding hydrogens is 1230 g/mol. The van der Waals surface area contributed by atoms with Crippen molar-refractivity contribution in [2.75, 3.05) is 75.5 Å². The number of hydrogen-bond acceptors (Lipinski definition) is 12. The van der Waals surface area contributed by atoms with Gasteiger partial charge in [0.25, 0.3) is 0 Å². The molecule has 0 unspecified atom stereocenters. The number of nitrogens with zero attached hydrogens (tertiary/aromatic N) is 8. The summed E-state index contributed by atoms with van der Waals surface area (Å²) in [7, 11) is 9.45. The lowest BCUT2D eigenvalue weighted by Crippen LogP contribution is -2.59. The highest BCUT2D eigenvalue weighted by Gasteiger charge is 2.46. The van der Waals surface area contributed by atoms with Crippen LogP contribution in [0.1, 0.15) is 95.9 Å². The Bertz CT molecular complexity index is 3140. The molecule has 11 amide bonds. The van der Waals surface area contributed by atoms with Crippen LogP contribution in [0.15, 0.2) is 78.9 Å². The third-order valence-corrected chi connectivity index (χ3v) is 17.7. The Morgan fingerprint density at radius 3 is 1.71 bits per heavy atom. The van der Waals surface area contributed by atoms with Gasteiger partial charge in [0.1, 0.15) is 42.3 Å². The minimum absolute atomic E-state index is 0.0866. The number of fused-ring (bicyclic) bond motifs is 1. The number of hydrogen-bond donors (Lipinski definition) is 4. The molecule has 10 atom stereocenters. The lowest BCUT2D eigenvalue weighted by molar-refractivity contribution is -0.152. The van der Waals surface area contributed by atoms with Gasteiger partial charge in [0.15, 0.2) is 0 Å². The van der Waals surface area contributed by atoms with Crippen molar-refractivity contribution < 1.29 is 71.0 Å². The first-order valence-corrected chi connectivity index (χ1v) is 31.5. The van der Waals surface area contributed by atoms with Crippen molar-refractivity contribution in [2.24, 2.45) is 11.8 Å². The molecule has 2 heterocycles. The maximum atomic E-state index is 15.2. The highest BCUT2D eigenvalue weighted by atomic mass is 35.5. The Labute approximate surface area is 547 Å². The van der Waals surface area contributed by atoms with Gasteiger partial charge in [-0.15, -0.1) is 0 Å². The number of halogens is 4. The number of aryl methyl sites for hydroxylation is 1. The Hall–Kier alpha value is -8.13. The molecule has 2 saturated heterocycles. The normalized spacial score (nSPS) is 24.9. The minimum Gasteiger partial charge on any atom is -0.391 e. The molecule has 0 aliphatic carbocycles. The first-order valence-electron chi connectivity index (χ1n) is 31.2. The van der Waals surface area contributed by atoms with E-state index in [1.807, 2.05) is 13.8 Å². The zero-order chi connectivity index (χ0) is 69.5. The molecule has 93 heavy (non-hydrogen) atoms. The molecule has 0 bridgehead atoms. The second kappa shape index (κ2) is 33.6. The van der Waals surface area contributed by atoms with Gasteiger partial charge in [0.05, 0.1) is 31.3 Å². The Morgan fingerprint density at radius 2 is 1.13 bits per heavy atom. The summed E-state index contributed by atoms with van der Waals surface area (Å²) in [5, 5.41) is 20.0. The Kier molecular flexibility index (Phi) is 27.3. The van der Waals surface area contributed by atoms with E-state index < -0.39 is 163 Å². The summed E-state index contributed by atoms with van der Waals surface area (Å²) >= 11 is 6.20. The average molecular weight is 1320 g/mol. The van der Waals surface area contributed by atoms with Gasteiger partial charge in [-0.3, -0.25) is 52.7 Å². The summed E-state index contributed by atoms with van der Waals surface area (Å²) in [5.74, 6) is -8.63. The smallest absolute Gasteiger partial charge is 0.391 e.